The molecule has 1 saturated heterocycles. The van der Waals surface area contributed by atoms with Crippen LogP contribution in [0.3, 0.4) is 0 Å². The van der Waals surface area contributed by atoms with Crippen LogP contribution in [0.25, 0.3) is 0 Å². The van der Waals surface area contributed by atoms with Gasteiger partial charge in [0.25, 0.3) is 0 Å². The highest BCUT2D eigenvalue weighted by Crippen LogP contribution is 2.30. The smallest absolute Gasteiger partial charge is 0.317 e. The van der Waals surface area contributed by atoms with Gasteiger partial charge in [-0.05, 0) is 32.6 Å². The second kappa shape index (κ2) is 5.36. The maximum atomic E-state index is 12.1. The third kappa shape index (κ3) is 2.83. The highest BCUT2D eigenvalue weighted by atomic mass is 16.5. The van der Waals surface area contributed by atoms with Gasteiger partial charge in [0.15, 0.2) is 0 Å². The van der Waals surface area contributed by atoms with Crippen molar-refractivity contribution in [2.24, 2.45) is 5.41 Å². The molecule has 1 heterocycles. The van der Waals surface area contributed by atoms with Gasteiger partial charge in [0.2, 0.25) is 0 Å². The van der Waals surface area contributed by atoms with Gasteiger partial charge < -0.3 is 20.1 Å². The molecular formula is C13H22N2O4. The number of carboxylic acids is 1. The monoisotopic (exact) mass is 270 g/mol. The second-order valence-electron chi connectivity index (χ2n) is 5.80. The first-order chi connectivity index (χ1) is 8.96. The van der Waals surface area contributed by atoms with Crippen molar-refractivity contribution in [1.29, 1.82) is 0 Å². The summed E-state index contributed by atoms with van der Waals surface area (Å²) >= 11 is 0. The molecular weight excluding hydrogens is 248 g/mol. The predicted octanol–water partition coefficient (Wildman–Crippen LogP) is 1.06. The molecule has 0 bridgehead atoms. The van der Waals surface area contributed by atoms with Gasteiger partial charge in [-0.25, -0.2) is 4.79 Å². The Labute approximate surface area is 113 Å². The first kappa shape index (κ1) is 14.1. The van der Waals surface area contributed by atoms with Gasteiger partial charge in [0.05, 0.1) is 17.6 Å². The molecule has 0 aromatic carbocycles. The summed E-state index contributed by atoms with van der Waals surface area (Å²) in [7, 11) is 1.66. The van der Waals surface area contributed by atoms with Crippen LogP contribution in [0.15, 0.2) is 0 Å². The standard InChI is InChI=1S/C13H22N2O4/c1-13(11(16)17)6-7-15(8-13)12(18)14-9-4-3-5-10(9)19-2/h9-10H,3-8H2,1-2H3,(H,14,18)(H,16,17). The zero-order chi connectivity index (χ0) is 14.0. The highest BCUT2D eigenvalue weighted by Gasteiger charge is 2.42. The highest BCUT2D eigenvalue weighted by molar-refractivity contribution is 5.79. The minimum Gasteiger partial charge on any atom is -0.481 e. The average molecular weight is 270 g/mol. The van der Waals surface area contributed by atoms with E-state index in [0.29, 0.717) is 13.0 Å². The number of aliphatic carboxylic acids is 1. The van der Waals surface area contributed by atoms with Crippen molar-refractivity contribution in [1.82, 2.24) is 10.2 Å². The molecule has 3 atom stereocenters. The SMILES string of the molecule is COC1CCCC1NC(=O)N1CCC(C)(C(=O)O)C1. The summed E-state index contributed by atoms with van der Waals surface area (Å²) in [5, 5.41) is 12.1. The Morgan fingerprint density at radius 2 is 2.16 bits per heavy atom. The van der Waals surface area contributed by atoms with Gasteiger partial charge in [0.1, 0.15) is 0 Å². The lowest BCUT2D eigenvalue weighted by Crippen LogP contribution is -2.48. The van der Waals surface area contributed by atoms with Crippen molar-refractivity contribution in [3.63, 3.8) is 0 Å². The minimum atomic E-state index is -0.835. The fraction of sp³-hybridized carbons (Fsp3) is 0.846. The molecule has 2 N–H and O–H groups in total. The number of carbonyl (C=O) groups is 2. The van der Waals surface area contributed by atoms with Crippen LogP contribution in [0.1, 0.15) is 32.6 Å². The maximum Gasteiger partial charge on any atom is 0.317 e. The number of nitrogens with one attached hydrogen (secondary N) is 1. The van der Waals surface area contributed by atoms with Gasteiger partial charge in [-0.3, -0.25) is 4.79 Å². The topological polar surface area (TPSA) is 78.9 Å². The van der Waals surface area contributed by atoms with Crippen LogP contribution in [0, 0.1) is 5.41 Å². The second-order valence-corrected chi connectivity index (χ2v) is 5.80. The number of rotatable bonds is 3. The van der Waals surface area contributed by atoms with E-state index in [0.717, 1.165) is 19.3 Å². The molecule has 2 rings (SSSR count). The molecule has 1 aliphatic carbocycles. The van der Waals surface area contributed by atoms with Crippen molar-refractivity contribution in [3.05, 3.63) is 0 Å². The van der Waals surface area contributed by atoms with Crippen LogP contribution in [-0.2, 0) is 9.53 Å². The van der Waals surface area contributed by atoms with Gasteiger partial charge >= 0.3 is 12.0 Å². The summed E-state index contributed by atoms with van der Waals surface area (Å²) in [6, 6.07) is -0.117. The zero-order valence-corrected chi connectivity index (χ0v) is 11.5. The summed E-state index contributed by atoms with van der Waals surface area (Å²) in [6.45, 7) is 2.47. The Balaban J connectivity index is 1.90. The van der Waals surface area contributed by atoms with E-state index in [1.807, 2.05) is 0 Å². The van der Waals surface area contributed by atoms with Crippen molar-refractivity contribution < 1.29 is 19.4 Å². The van der Waals surface area contributed by atoms with Crippen LogP contribution in [0.2, 0.25) is 0 Å². The Hall–Kier alpha value is -1.30. The number of carbonyl (C=O) groups excluding carboxylic acids is 1. The fourth-order valence-corrected chi connectivity index (χ4v) is 2.93. The van der Waals surface area contributed by atoms with E-state index in [2.05, 4.69) is 5.32 Å². The van der Waals surface area contributed by atoms with E-state index in [1.54, 1.807) is 18.9 Å². The first-order valence-electron chi connectivity index (χ1n) is 6.78. The van der Waals surface area contributed by atoms with Gasteiger partial charge in [-0.2, -0.15) is 0 Å². The molecule has 0 aromatic heterocycles. The number of urea groups is 1. The molecule has 0 radical (unpaired) electrons. The van der Waals surface area contributed by atoms with E-state index in [-0.39, 0.29) is 24.7 Å². The molecule has 2 amide bonds. The number of ether oxygens (including phenoxy) is 1. The molecule has 3 unspecified atom stereocenters. The molecule has 6 nitrogen and oxygen atoms in total. The first-order valence-corrected chi connectivity index (χ1v) is 6.78. The molecule has 6 heteroatoms. The molecule has 0 spiro atoms. The van der Waals surface area contributed by atoms with E-state index in [4.69, 9.17) is 9.84 Å². The maximum absolute atomic E-state index is 12.1. The predicted molar refractivity (Wildman–Crippen MR) is 68.9 cm³/mol. The third-order valence-corrected chi connectivity index (χ3v) is 4.34. The Morgan fingerprint density at radius 1 is 1.42 bits per heavy atom. The van der Waals surface area contributed by atoms with Crippen molar-refractivity contribution in [3.8, 4) is 0 Å². The van der Waals surface area contributed by atoms with Crippen LogP contribution < -0.4 is 5.32 Å². The minimum absolute atomic E-state index is 0.0502. The third-order valence-electron chi connectivity index (χ3n) is 4.34. The van der Waals surface area contributed by atoms with E-state index in [1.165, 1.54) is 0 Å². The molecule has 2 aliphatic rings. The van der Waals surface area contributed by atoms with Crippen molar-refractivity contribution >= 4 is 12.0 Å². The zero-order valence-electron chi connectivity index (χ0n) is 11.5. The van der Waals surface area contributed by atoms with Crippen LogP contribution in [-0.4, -0.2) is 54.4 Å². The molecule has 108 valence electrons. The normalized spacial score (nSPS) is 34.5. The lowest BCUT2D eigenvalue weighted by atomic mass is 9.90. The van der Waals surface area contributed by atoms with Crippen molar-refractivity contribution in [2.75, 3.05) is 20.2 Å². The molecule has 19 heavy (non-hydrogen) atoms. The van der Waals surface area contributed by atoms with Crippen molar-refractivity contribution in [2.45, 2.75) is 44.8 Å². The molecule has 1 saturated carbocycles. The Morgan fingerprint density at radius 3 is 2.74 bits per heavy atom. The van der Waals surface area contributed by atoms with Crippen LogP contribution >= 0.6 is 0 Å². The lowest BCUT2D eigenvalue weighted by Gasteiger charge is -2.25. The largest absolute Gasteiger partial charge is 0.481 e. The molecule has 0 aromatic rings. The van der Waals surface area contributed by atoms with Gasteiger partial charge in [0, 0.05) is 20.2 Å². The summed E-state index contributed by atoms with van der Waals surface area (Å²) < 4.78 is 5.34. The van der Waals surface area contributed by atoms with E-state index < -0.39 is 11.4 Å². The lowest BCUT2D eigenvalue weighted by molar-refractivity contribution is -0.147. The van der Waals surface area contributed by atoms with Gasteiger partial charge in [-0.15, -0.1) is 0 Å². The Bertz CT molecular complexity index is 374. The van der Waals surface area contributed by atoms with Crippen LogP contribution in [0.4, 0.5) is 4.79 Å². The molecule has 1 aliphatic heterocycles. The average Bonchev–Trinajstić information content (AvgIpc) is 2.96. The summed E-state index contributed by atoms with van der Waals surface area (Å²) in [5.74, 6) is -0.835. The van der Waals surface area contributed by atoms with E-state index >= 15 is 0 Å². The Kier molecular flexibility index (Phi) is 3.99. The fourth-order valence-electron chi connectivity index (χ4n) is 2.93. The van der Waals surface area contributed by atoms with Gasteiger partial charge in [-0.1, -0.05) is 0 Å². The number of methoxy groups -OCH3 is 1. The number of carboxylic acid groups (broad SMARTS) is 1. The summed E-state index contributed by atoms with van der Waals surface area (Å²) in [5.41, 5.74) is -0.812. The number of amides is 2. The number of hydrogen-bond donors (Lipinski definition) is 2. The quantitative estimate of drug-likeness (QED) is 0.803. The summed E-state index contributed by atoms with van der Waals surface area (Å²) in [4.78, 5) is 24.9. The summed E-state index contributed by atoms with van der Waals surface area (Å²) in [6.07, 6.45) is 3.53. The number of likely N-dealkylation sites (tertiary alicyclic amines) is 1. The number of hydrogen-bond acceptors (Lipinski definition) is 3. The van der Waals surface area contributed by atoms with E-state index in [9.17, 15) is 9.59 Å². The molecule has 2 fully saturated rings. The van der Waals surface area contributed by atoms with Crippen LogP contribution in [0.5, 0.6) is 0 Å². The number of nitrogens with zero attached hydrogens (tertiary/aromatic N) is 1.